The SMILES string of the molecule is COc1cccc(CN2CCC(C(C)N)C2)n1. The second-order valence-corrected chi connectivity index (χ2v) is 4.81. The zero-order valence-electron chi connectivity index (χ0n) is 10.6. The summed E-state index contributed by atoms with van der Waals surface area (Å²) in [5, 5.41) is 0. The summed E-state index contributed by atoms with van der Waals surface area (Å²) in [6, 6.07) is 6.19. The minimum absolute atomic E-state index is 0.290. The molecule has 1 aliphatic rings. The highest BCUT2D eigenvalue weighted by Gasteiger charge is 2.25. The molecule has 1 aromatic heterocycles. The number of nitrogens with two attached hydrogens (primary N) is 1. The molecule has 1 aliphatic heterocycles. The van der Waals surface area contributed by atoms with E-state index in [1.807, 2.05) is 18.2 Å². The first-order chi connectivity index (χ1) is 8.19. The van der Waals surface area contributed by atoms with E-state index >= 15 is 0 Å². The van der Waals surface area contributed by atoms with E-state index < -0.39 is 0 Å². The van der Waals surface area contributed by atoms with Crippen LogP contribution in [0.25, 0.3) is 0 Å². The Hall–Kier alpha value is -1.13. The lowest BCUT2D eigenvalue weighted by atomic mass is 10.0. The quantitative estimate of drug-likeness (QED) is 0.853. The molecule has 1 saturated heterocycles. The van der Waals surface area contributed by atoms with Crippen molar-refractivity contribution >= 4 is 0 Å². The molecule has 0 radical (unpaired) electrons. The lowest BCUT2D eigenvalue weighted by Crippen LogP contribution is -2.29. The molecule has 17 heavy (non-hydrogen) atoms. The summed E-state index contributed by atoms with van der Waals surface area (Å²) in [5.41, 5.74) is 7.00. The van der Waals surface area contributed by atoms with Crippen molar-refractivity contribution in [1.82, 2.24) is 9.88 Å². The Bertz CT molecular complexity index is 367. The fourth-order valence-corrected chi connectivity index (χ4v) is 2.32. The molecule has 2 N–H and O–H groups in total. The smallest absolute Gasteiger partial charge is 0.213 e. The van der Waals surface area contributed by atoms with Crippen LogP contribution in [-0.2, 0) is 6.54 Å². The maximum absolute atomic E-state index is 5.94. The van der Waals surface area contributed by atoms with Crippen molar-refractivity contribution in [2.45, 2.75) is 25.9 Å². The third kappa shape index (κ3) is 3.17. The largest absolute Gasteiger partial charge is 0.481 e. The summed E-state index contributed by atoms with van der Waals surface area (Å²) < 4.78 is 5.13. The molecule has 2 rings (SSSR count). The van der Waals surface area contributed by atoms with E-state index in [1.54, 1.807) is 7.11 Å². The van der Waals surface area contributed by atoms with Crippen LogP contribution in [0.2, 0.25) is 0 Å². The third-order valence-corrected chi connectivity index (χ3v) is 3.43. The predicted octanol–water partition coefficient (Wildman–Crippen LogP) is 1.26. The summed E-state index contributed by atoms with van der Waals surface area (Å²) in [4.78, 5) is 6.84. The molecule has 4 heteroatoms. The Morgan fingerprint density at radius 3 is 3.06 bits per heavy atom. The van der Waals surface area contributed by atoms with Gasteiger partial charge in [0, 0.05) is 25.2 Å². The van der Waals surface area contributed by atoms with Crippen LogP contribution in [-0.4, -0.2) is 36.1 Å². The molecule has 2 atom stereocenters. The minimum Gasteiger partial charge on any atom is -0.481 e. The van der Waals surface area contributed by atoms with Crippen molar-refractivity contribution in [1.29, 1.82) is 0 Å². The van der Waals surface area contributed by atoms with Gasteiger partial charge in [-0.15, -0.1) is 0 Å². The van der Waals surface area contributed by atoms with E-state index in [0.717, 1.165) is 25.3 Å². The van der Waals surface area contributed by atoms with Crippen molar-refractivity contribution in [2.75, 3.05) is 20.2 Å². The number of hydrogen-bond donors (Lipinski definition) is 1. The lowest BCUT2D eigenvalue weighted by molar-refractivity contribution is 0.302. The first kappa shape index (κ1) is 12.3. The average molecular weight is 235 g/mol. The Labute approximate surface area is 103 Å². The Morgan fingerprint density at radius 1 is 1.59 bits per heavy atom. The molecule has 0 aliphatic carbocycles. The van der Waals surface area contributed by atoms with E-state index in [2.05, 4.69) is 16.8 Å². The van der Waals surface area contributed by atoms with Gasteiger partial charge in [0.05, 0.1) is 12.8 Å². The van der Waals surface area contributed by atoms with Crippen LogP contribution in [0.15, 0.2) is 18.2 Å². The molecule has 1 fully saturated rings. The van der Waals surface area contributed by atoms with Crippen molar-refractivity contribution in [3.05, 3.63) is 23.9 Å². The van der Waals surface area contributed by atoms with Crippen LogP contribution in [0, 0.1) is 5.92 Å². The Balaban J connectivity index is 1.93. The van der Waals surface area contributed by atoms with Crippen LogP contribution < -0.4 is 10.5 Å². The molecule has 2 heterocycles. The topological polar surface area (TPSA) is 51.4 Å². The van der Waals surface area contributed by atoms with Gasteiger partial charge >= 0.3 is 0 Å². The van der Waals surface area contributed by atoms with E-state index in [0.29, 0.717) is 17.8 Å². The third-order valence-electron chi connectivity index (χ3n) is 3.43. The molecule has 0 aromatic carbocycles. The van der Waals surface area contributed by atoms with Gasteiger partial charge in [-0.2, -0.15) is 0 Å². The molecule has 0 amide bonds. The highest BCUT2D eigenvalue weighted by atomic mass is 16.5. The number of pyridine rings is 1. The fourth-order valence-electron chi connectivity index (χ4n) is 2.32. The Kier molecular flexibility index (Phi) is 3.97. The molecule has 94 valence electrons. The molecule has 0 bridgehead atoms. The summed E-state index contributed by atoms with van der Waals surface area (Å²) in [6.07, 6.45) is 1.20. The van der Waals surface area contributed by atoms with Gasteiger partial charge < -0.3 is 10.5 Å². The second-order valence-electron chi connectivity index (χ2n) is 4.81. The second kappa shape index (κ2) is 5.47. The van der Waals surface area contributed by atoms with Crippen LogP contribution in [0.3, 0.4) is 0 Å². The molecule has 4 nitrogen and oxygen atoms in total. The molecular weight excluding hydrogens is 214 g/mol. The molecule has 0 spiro atoms. The first-order valence-corrected chi connectivity index (χ1v) is 6.17. The minimum atomic E-state index is 0.290. The number of methoxy groups -OCH3 is 1. The first-order valence-electron chi connectivity index (χ1n) is 6.17. The van der Waals surface area contributed by atoms with Crippen molar-refractivity contribution < 1.29 is 4.74 Å². The zero-order valence-corrected chi connectivity index (χ0v) is 10.6. The van der Waals surface area contributed by atoms with Gasteiger partial charge in [0.1, 0.15) is 0 Å². The number of rotatable bonds is 4. The van der Waals surface area contributed by atoms with Crippen molar-refractivity contribution in [3.63, 3.8) is 0 Å². The summed E-state index contributed by atoms with van der Waals surface area (Å²) in [5.74, 6) is 1.31. The van der Waals surface area contributed by atoms with Crippen LogP contribution >= 0.6 is 0 Å². The van der Waals surface area contributed by atoms with Gasteiger partial charge in [-0.3, -0.25) is 4.90 Å². The summed E-state index contributed by atoms with van der Waals surface area (Å²) in [7, 11) is 1.65. The highest BCUT2D eigenvalue weighted by Crippen LogP contribution is 2.20. The van der Waals surface area contributed by atoms with E-state index in [1.165, 1.54) is 6.42 Å². The van der Waals surface area contributed by atoms with Gasteiger partial charge in [-0.1, -0.05) is 6.07 Å². The molecular formula is C13H21N3O. The van der Waals surface area contributed by atoms with Gasteiger partial charge in [0.25, 0.3) is 0 Å². The highest BCUT2D eigenvalue weighted by molar-refractivity contribution is 5.15. The molecule has 2 unspecified atom stereocenters. The fraction of sp³-hybridized carbons (Fsp3) is 0.615. The number of hydrogen-bond acceptors (Lipinski definition) is 4. The summed E-state index contributed by atoms with van der Waals surface area (Å²) >= 11 is 0. The molecule has 1 aromatic rings. The van der Waals surface area contributed by atoms with E-state index in [9.17, 15) is 0 Å². The van der Waals surface area contributed by atoms with E-state index in [4.69, 9.17) is 10.5 Å². The van der Waals surface area contributed by atoms with E-state index in [-0.39, 0.29) is 0 Å². The summed E-state index contributed by atoms with van der Waals surface area (Å²) in [6.45, 7) is 5.18. The zero-order chi connectivity index (χ0) is 12.3. The van der Waals surface area contributed by atoms with Crippen LogP contribution in [0.5, 0.6) is 5.88 Å². The van der Waals surface area contributed by atoms with Gasteiger partial charge in [0.15, 0.2) is 0 Å². The van der Waals surface area contributed by atoms with Gasteiger partial charge in [-0.05, 0) is 31.9 Å². The van der Waals surface area contributed by atoms with Gasteiger partial charge in [-0.25, -0.2) is 4.98 Å². The lowest BCUT2D eigenvalue weighted by Gasteiger charge is -2.17. The standard InChI is InChI=1S/C13H21N3O/c1-10(14)11-6-7-16(8-11)9-12-4-3-5-13(15-12)17-2/h3-5,10-11H,6-9,14H2,1-2H3. The number of aromatic nitrogens is 1. The maximum Gasteiger partial charge on any atom is 0.213 e. The van der Waals surface area contributed by atoms with Crippen LogP contribution in [0.4, 0.5) is 0 Å². The monoisotopic (exact) mass is 235 g/mol. The predicted molar refractivity (Wildman–Crippen MR) is 67.8 cm³/mol. The van der Waals surface area contributed by atoms with Crippen molar-refractivity contribution in [2.24, 2.45) is 11.7 Å². The normalized spacial score (nSPS) is 22.6. The number of nitrogens with zero attached hydrogens (tertiary/aromatic N) is 2. The van der Waals surface area contributed by atoms with Gasteiger partial charge in [0.2, 0.25) is 5.88 Å². The van der Waals surface area contributed by atoms with Crippen LogP contribution in [0.1, 0.15) is 19.0 Å². The molecule has 0 saturated carbocycles. The maximum atomic E-state index is 5.94. The average Bonchev–Trinajstić information content (AvgIpc) is 2.78. The number of ether oxygens (including phenoxy) is 1. The number of likely N-dealkylation sites (tertiary alicyclic amines) is 1. The van der Waals surface area contributed by atoms with Crippen molar-refractivity contribution in [3.8, 4) is 5.88 Å². The Morgan fingerprint density at radius 2 is 2.41 bits per heavy atom.